The van der Waals surface area contributed by atoms with Gasteiger partial charge in [0.25, 0.3) is 0 Å². The second kappa shape index (κ2) is 4.42. The molecule has 0 radical (unpaired) electrons. The van der Waals surface area contributed by atoms with Gasteiger partial charge in [0, 0.05) is 30.7 Å². The summed E-state index contributed by atoms with van der Waals surface area (Å²) in [6.45, 7) is 9.47. The molecule has 88 valence electrons. The van der Waals surface area contributed by atoms with Gasteiger partial charge in [0.05, 0.1) is 0 Å². The number of rotatable bonds is 1. The van der Waals surface area contributed by atoms with Crippen molar-refractivity contribution in [1.82, 2.24) is 10.2 Å². The summed E-state index contributed by atoms with van der Waals surface area (Å²) >= 11 is 0. The average Bonchev–Trinajstić information content (AvgIpc) is 2.23. The minimum atomic E-state index is 0.499. The molecule has 0 bridgehead atoms. The first kappa shape index (κ1) is 11.4. The van der Waals surface area contributed by atoms with E-state index >= 15 is 0 Å². The van der Waals surface area contributed by atoms with Crippen LogP contribution < -0.4 is 5.32 Å². The Hall–Kier alpha value is -0.0800. The van der Waals surface area contributed by atoms with Gasteiger partial charge < -0.3 is 5.32 Å². The molecule has 15 heavy (non-hydrogen) atoms. The molecule has 1 atom stereocenters. The summed E-state index contributed by atoms with van der Waals surface area (Å²) in [5, 5.41) is 3.69. The van der Waals surface area contributed by atoms with Crippen molar-refractivity contribution in [3.05, 3.63) is 0 Å². The molecule has 1 N–H and O–H groups in total. The maximum absolute atomic E-state index is 3.69. The van der Waals surface area contributed by atoms with Gasteiger partial charge in [-0.25, -0.2) is 0 Å². The van der Waals surface area contributed by atoms with Crippen LogP contribution in [0.2, 0.25) is 0 Å². The second-order valence-corrected chi connectivity index (χ2v) is 5.81. The molecule has 2 rings (SSSR count). The lowest BCUT2D eigenvalue weighted by Gasteiger charge is -2.53. The molecular weight excluding hydrogens is 184 g/mol. The molecule has 1 saturated heterocycles. The van der Waals surface area contributed by atoms with Gasteiger partial charge in [-0.3, -0.25) is 4.90 Å². The van der Waals surface area contributed by atoms with Crippen molar-refractivity contribution >= 4 is 0 Å². The average molecular weight is 210 g/mol. The number of hydrogen-bond acceptors (Lipinski definition) is 2. The van der Waals surface area contributed by atoms with E-state index in [0.29, 0.717) is 17.6 Å². The predicted octanol–water partition coefficient (Wildman–Crippen LogP) is 2.39. The first-order valence-electron chi connectivity index (χ1n) is 6.64. The van der Waals surface area contributed by atoms with E-state index in [-0.39, 0.29) is 0 Å². The zero-order valence-corrected chi connectivity index (χ0v) is 10.6. The van der Waals surface area contributed by atoms with E-state index < -0.39 is 0 Å². The van der Waals surface area contributed by atoms with Crippen LogP contribution in [0.15, 0.2) is 0 Å². The van der Waals surface area contributed by atoms with Gasteiger partial charge in [-0.15, -0.1) is 0 Å². The fourth-order valence-corrected chi connectivity index (χ4v) is 3.45. The summed E-state index contributed by atoms with van der Waals surface area (Å²) in [5.74, 6) is 0. The molecule has 0 aromatic heterocycles. The summed E-state index contributed by atoms with van der Waals surface area (Å²) in [6.07, 6.45) is 7.12. The molecule has 2 aliphatic rings. The van der Waals surface area contributed by atoms with E-state index in [9.17, 15) is 0 Å². The first-order chi connectivity index (χ1) is 7.14. The first-order valence-corrected chi connectivity index (χ1v) is 6.64. The zero-order chi connectivity index (χ0) is 10.9. The van der Waals surface area contributed by atoms with Crippen molar-refractivity contribution < 1.29 is 0 Å². The maximum Gasteiger partial charge on any atom is 0.0337 e. The van der Waals surface area contributed by atoms with Crippen LogP contribution in [0.3, 0.4) is 0 Å². The fraction of sp³-hybridized carbons (Fsp3) is 1.00. The molecule has 2 nitrogen and oxygen atoms in total. The lowest BCUT2D eigenvalue weighted by atomic mass is 9.78. The Balaban J connectivity index is 2.12. The predicted molar refractivity (Wildman–Crippen MR) is 65.1 cm³/mol. The third kappa shape index (κ3) is 2.21. The Kier molecular flexibility index (Phi) is 3.36. The summed E-state index contributed by atoms with van der Waals surface area (Å²) < 4.78 is 0. The number of nitrogens with zero attached hydrogens (tertiary/aromatic N) is 1. The van der Waals surface area contributed by atoms with Crippen LogP contribution in [0.4, 0.5) is 0 Å². The number of piperazine rings is 1. The van der Waals surface area contributed by atoms with Gasteiger partial charge in [-0.2, -0.15) is 0 Å². The maximum atomic E-state index is 3.69. The van der Waals surface area contributed by atoms with Crippen molar-refractivity contribution in [3.63, 3.8) is 0 Å². The van der Waals surface area contributed by atoms with Gasteiger partial charge in [0.2, 0.25) is 0 Å². The second-order valence-electron chi connectivity index (χ2n) is 5.81. The van der Waals surface area contributed by atoms with Crippen LogP contribution in [0.5, 0.6) is 0 Å². The van der Waals surface area contributed by atoms with E-state index in [1.807, 2.05) is 0 Å². The lowest BCUT2D eigenvalue weighted by molar-refractivity contribution is -0.0102. The van der Waals surface area contributed by atoms with E-state index in [0.717, 1.165) is 0 Å². The van der Waals surface area contributed by atoms with Crippen LogP contribution in [0.1, 0.15) is 52.9 Å². The van der Waals surface area contributed by atoms with Crippen molar-refractivity contribution in [1.29, 1.82) is 0 Å². The number of nitrogens with one attached hydrogen (secondary N) is 1. The fourth-order valence-electron chi connectivity index (χ4n) is 3.45. The topological polar surface area (TPSA) is 15.3 Å². The van der Waals surface area contributed by atoms with E-state index in [2.05, 4.69) is 31.0 Å². The molecule has 1 unspecified atom stereocenters. The quantitative estimate of drug-likeness (QED) is 0.715. The van der Waals surface area contributed by atoms with Gasteiger partial charge in [-0.1, -0.05) is 19.3 Å². The minimum Gasteiger partial charge on any atom is -0.311 e. The molecule has 2 heteroatoms. The molecule has 2 fully saturated rings. The van der Waals surface area contributed by atoms with Gasteiger partial charge in [0.1, 0.15) is 0 Å². The molecular formula is C13H26N2. The molecule has 1 spiro atoms. The van der Waals surface area contributed by atoms with Crippen LogP contribution in [-0.4, -0.2) is 35.6 Å². The summed E-state index contributed by atoms with van der Waals surface area (Å²) in [6, 6.07) is 1.37. The normalized spacial score (nSPS) is 32.4. The van der Waals surface area contributed by atoms with E-state index in [1.54, 1.807) is 0 Å². The Morgan fingerprint density at radius 2 is 1.87 bits per heavy atom. The molecule has 0 aromatic carbocycles. The summed E-state index contributed by atoms with van der Waals surface area (Å²) in [5.41, 5.74) is 0.499. The summed E-state index contributed by atoms with van der Waals surface area (Å²) in [4.78, 5) is 2.77. The third-order valence-corrected chi connectivity index (χ3v) is 4.27. The van der Waals surface area contributed by atoms with Gasteiger partial charge in [0.15, 0.2) is 0 Å². The number of hydrogen-bond donors (Lipinski definition) is 1. The SMILES string of the molecule is CC1CN(C(C)C)C2(CCCCC2)CN1. The summed E-state index contributed by atoms with van der Waals surface area (Å²) in [7, 11) is 0. The van der Waals surface area contributed by atoms with Crippen molar-refractivity contribution in [2.24, 2.45) is 0 Å². The minimum absolute atomic E-state index is 0.499. The molecule has 1 aliphatic heterocycles. The molecule has 1 saturated carbocycles. The van der Waals surface area contributed by atoms with Crippen LogP contribution >= 0.6 is 0 Å². The lowest BCUT2D eigenvalue weighted by Crippen LogP contribution is -2.66. The van der Waals surface area contributed by atoms with Crippen molar-refractivity contribution in [2.75, 3.05) is 13.1 Å². The zero-order valence-electron chi connectivity index (χ0n) is 10.6. The highest BCUT2D eigenvalue weighted by molar-refractivity contribution is 5.00. The third-order valence-electron chi connectivity index (χ3n) is 4.27. The molecule has 0 amide bonds. The Bertz CT molecular complexity index is 207. The van der Waals surface area contributed by atoms with E-state index in [4.69, 9.17) is 0 Å². The van der Waals surface area contributed by atoms with E-state index in [1.165, 1.54) is 45.2 Å². The Morgan fingerprint density at radius 3 is 2.47 bits per heavy atom. The van der Waals surface area contributed by atoms with Crippen molar-refractivity contribution in [3.8, 4) is 0 Å². The van der Waals surface area contributed by atoms with Crippen LogP contribution in [0, 0.1) is 0 Å². The smallest absolute Gasteiger partial charge is 0.0337 e. The monoisotopic (exact) mass is 210 g/mol. The molecule has 1 heterocycles. The Labute approximate surface area is 94.4 Å². The van der Waals surface area contributed by atoms with Crippen LogP contribution in [0.25, 0.3) is 0 Å². The Morgan fingerprint density at radius 1 is 1.20 bits per heavy atom. The van der Waals surface area contributed by atoms with Gasteiger partial charge >= 0.3 is 0 Å². The highest BCUT2D eigenvalue weighted by Gasteiger charge is 2.42. The van der Waals surface area contributed by atoms with Crippen molar-refractivity contribution in [2.45, 2.75) is 70.5 Å². The highest BCUT2D eigenvalue weighted by Crippen LogP contribution is 2.36. The highest BCUT2D eigenvalue weighted by atomic mass is 15.3. The van der Waals surface area contributed by atoms with Gasteiger partial charge in [-0.05, 0) is 33.6 Å². The molecule has 0 aromatic rings. The standard InChI is InChI=1S/C13H26N2/c1-11(2)15-9-12(3)14-10-13(15)7-5-4-6-8-13/h11-12,14H,4-10H2,1-3H3. The molecule has 1 aliphatic carbocycles. The van der Waals surface area contributed by atoms with Crippen LogP contribution in [-0.2, 0) is 0 Å². The largest absolute Gasteiger partial charge is 0.311 e.